The molecule has 0 saturated carbocycles. The molecule has 1 aromatic rings. The topological polar surface area (TPSA) is 46.4 Å². The number of nitro benzene ring substituents is 1. The molecule has 0 N–H and O–H groups in total. The summed E-state index contributed by atoms with van der Waals surface area (Å²) < 4.78 is 0.625. The quantitative estimate of drug-likeness (QED) is 0.591. The highest BCUT2D eigenvalue weighted by atomic mass is 79.9. The molecule has 0 spiro atoms. The lowest BCUT2D eigenvalue weighted by atomic mass is 9.95. The number of nitro groups is 1. The van der Waals surface area contributed by atoms with Crippen molar-refractivity contribution in [1.82, 2.24) is 0 Å². The van der Waals surface area contributed by atoms with Crippen LogP contribution >= 0.6 is 27.5 Å². The third-order valence-corrected chi connectivity index (χ3v) is 5.00. The van der Waals surface area contributed by atoms with Crippen LogP contribution in [0.3, 0.4) is 0 Å². The third-order valence-electron chi connectivity index (χ3n) is 3.66. The molecule has 19 heavy (non-hydrogen) atoms. The second-order valence-corrected chi connectivity index (χ2v) is 6.05. The molecule has 104 valence electrons. The van der Waals surface area contributed by atoms with E-state index in [4.69, 9.17) is 11.6 Å². The molecule has 6 heteroatoms. The van der Waals surface area contributed by atoms with Crippen molar-refractivity contribution < 1.29 is 4.92 Å². The lowest BCUT2D eigenvalue weighted by molar-refractivity contribution is -0.384. The van der Waals surface area contributed by atoms with Gasteiger partial charge in [-0.15, -0.1) is 0 Å². The van der Waals surface area contributed by atoms with Gasteiger partial charge >= 0.3 is 0 Å². The molecular weight excluding hydrogens is 332 g/mol. The van der Waals surface area contributed by atoms with Gasteiger partial charge in [0.2, 0.25) is 0 Å². The molecule has 4 nitrogen and oxygen atoms in total. The summed E-state index contributed by atoms with van der Waals surface area (Å²) in [6, 6.07) is 3.05. The van der Waals surface area contributed by atoms with E-state index in [0.717, 1.165) is 25.9 Å². The number of halogens is 2. The molecule has 1 fully saturated rings. The average molecular weight is 348 g/mol. The second kappa shape index (κ2) is 6.09. The lowest BCUT2D eigenvalue weighted by Crippen LogP contribution is -2.35. The molecular formula is C13H16BrClN2O2. The largest absolute Gasteiger partial charge is 0.365 e. The van der Waals surface area contributed by atoms with Crippen molar-refractivity contribution in [3.05, 3.63) is 31.7 Å². The summed E-state index contributed by atoms with van der Waals surface area (Å²) in [4.78, 5) is 12.9. The smallest absolute Gasteiger partial charge is 0.293 e. The fraction of sp³-hybridized carbons (Fsp3) is 0.538. The minimum atomic E-state index is -0.341. The Labute approximate surface area is 126 Å². The molecule has 0 aromatic heterocycles. The van der Waals surface area contributed by atoms with E-state index in [-0.39, 0.29) is 10.6 Å². The maximum atomic E-state index is 11.2. The minimum absolute atomic E-state index is 0.119. The number of nitrogens with zero attached hydrogens (tertiary/aromatic N) is 2. The van der Waals surface area contributed by atoms with Crippen molar-refractivity contribution >= 4 is 38.9 Å². The standard InChI is InChI=1S/C13H16BrClN2O2/c1-2-9-4-3-7-16(8-9)13-11(17(18)19)6-5-10(15)12(13)14/h5-6,9H,2-4,7-8H2,1H3/t9-/m1/s1. The Morgan fingerprint density at radius 3 is 2.95 bits per heavy atom. The summed E-state index contributed by atoms with van der Waals surface area (Å²) in [5.41, 5.74) is 0.740. The SMILES string of the molecule is CC[C@@H]1CCCN(c2c([N+](=O)[O-])ccc(Cl)c2Br)C1. The van der Waals surface area contributed by atoms with Crippen LogP contribution in [0.4, 0.5) is 11.4 Å². The predicted octanol–water partition coefficient (Wildman–Crippen LogP) is 4.64. The molecule has 0 amide bonds. The van der Waals surface area contributed by atoms with Crippen LogP contribution < -0.4 is 4.90 Å². The maximum Gasteiger partial charge on any atom is 0.293 e. The number of hydrogen-bond donors (Lipinski definition) is 0. The van der Waals surface area contributed by atoms with Gasteiger partial charge in [-0.25, -0.2) is 0 Å². The summed E-state index contributed by atoms with van der Waals surface area (Å²) in [7, 11) is 0. The van der Waals surface area contributed by atoms with Crippen molar-refractivity contribution in [3.8, 4) is 0 Å². The van der Waals surface area contributed by atoms with E-state index in [2.05, 4.69) is 27.8 Å². The maximum absolute atomic E-state index is 11.2. The second-order valence-electron chi connectivity index (χ2n) is 4.85. The lowest BCUT2D eigenvalue weighted by Gasteiger charge is -2.34. The number of benzene rings is 1. The number of hydrogen-bond acceptors (Lipinski definition) is 3. The van der Waals surface area contributed by atoms with Crippen LogP contribution in [0.5, 0.6) is 0 Å². The van der Waals surface area contributed by atoms with Gasteiger partial charge in [0.1, 0.15) is 5.69 Å². The molecule has 0 bridgehead atoms. The zero-order valence-corrected chi connectivity index (χ0v) is 13.1. The zero-order valence-electron chi connectivity index (χ0n) is 10.7. The Bertz CT molecular complexity index is 496. The molecule has 1 aromatic carbocycles. The molecule has 0 aliphatic carbocycles. The monoisotopic (exact) mass is 346 g/mol. The van der Waals surface area contributed by atoms with E-state index in [9.17, 15) is 10.1 Å². The van der Waals surface area contributed by atoms with Gasteiger partial charge in [-0.3, -0.25) is 10.1 Å². The number of piperidine rings is 1. The Morgan fingerprint density at radius 1 is 1.58 bits per heavy atom. The van der Waals surface area contributed by atoms with Gasteiger partial charge in [0.15, 0.2) is 0 Å². The molecule has 1 atom stereocenters. The fourth-order valence-corrected chi connectivity index (χ4v) is 3.32. The van der Waals surface area contributed by atoms with Crippen LogP contribution in [-0.4, -0.2) is 18.0 Å². The Hall–Kier alpha value is -0.810. The molecule has 2 rings (SSSR count). The van der Waals surface area contributed by atoms with E-state index in [0.29, 0.717) is 21.1 Å². The first kappa shape index (κ1) is 14.6. The average Bonchev–Trinajstić information content (AvgIpc) is 2.41. The van der Waals surface area contributed by atoms with Gasteiger partial charge in [-0.2, -0.15) is 0 Å². The van der Waals surface area contributed by atoms with Crippen molar-refractivity contribution in [2.45, 2.75) is 26.2 Å². The van der Waals surface area contributed by atoms with Crippen LogP contribution in [0, 0.1) is 16.0 Å². The molecule has 1 aliphatic heterocycles. The first-order valence-electron chi connectivity index (χ1n) is 6.42. The highest BCUT2D eigenvalue weighted by Gasteiger charge is 2.28. The molecule has 0 unspecified atom stereocenters. The van der Waals surface area contributed by atoms with Gasteiger partial charge in [-0.1, -0.05) is 24.9 Å². The van der Waals surface area contributed by atoms with Crippen LogP contribution in [0.15, 0.2) is 16.6 Å². The molecule has 0 radical (unpaired) electrons. The van der Waals surface area contributed by atoms with Gasteiger partial charge in [0, 0.05) is 19.2 Å². The molecule has 1 heterocycles. The summed E-state index contributed by atoms with van der Waals surface area (Å²) in [5, 5.41) is 11.7. The summed E-state index contributed by atoms with van der Waals surface area (Å²) in [6.07, 6.45) is 3.36. The van der Waals surface area contributed by atoms with Gasteiger partial charge in [0.25, 0.3) is 5.69 Å². The summed E-state index contributed by atoms with van der Waals surface area (Å²) in [6.45, 7) is 3.86. The van der Waals surface area contributed by atoms with Crippen molar-refractivity contribution in [2.75, 3.05) is 18.0 Å². The van der Waals surface area contributed by atoms with Crippen LogP contribution in [-0.2, 0) is 0 Å². The van der Waals surface area contributed by atoms with E-state index in [1.165, 1.54) is 12.5 Å². The van der Waals surface area contributed by atoms with E-state index in [1.807, 2.05) is 0 Å². The summed E-state index contributed by atoms with van der Waals surface area (Å²) >= 11 is 9.48. The Balaban J connectivity index is 2.42. The van der Waals surface area contributed by atoms with Crippen molar-refractivity contribution in [2.24, 2.45) is 5.92 Å². The van der Waals surface area contributed by atoms with Crippen molar-refractivity contribution in [3.63, 3.8) is 0 Å². The van der Waals surface area contributed by atoms with Gasteiger partial charge in [0.05, 0.1) is 14.4 Å². The first-order valence-corrected chi connectivity index (χ1v) is 7.59. The van der Waals surface area contributed by atoms with E-state index >= 15 is 0 Å². The van der Waals surface area contributed by atoms with Crippen molar-refractivity contribution in [1.29, 1.82) is 0 Å². The molecule has 1 aliphatic rings. The highest BCUT2D eigenvalue weighted by molar-refractivity contribution is 9.10. The minimum Gasteiger partial charge on any atom is -0.365 e. The first-order chi connectivity index (χ1) is 9.04. The summed E-state index contributed by atoms with van der Waals surface area (Å²) in [5.74, 6) is 0.597. The number of anilines is 1. The Kier molecular flexibility index (Phi) is 4.68. The molecule has 1 saturated heterocycles. The zero-order chi connectivity index (χ0) is 14.0. The van der Waals surface area contributed by atoms with E-state index < -0.39 is 0 Å². The third kappa shape index (κ3) is 3.03. The Morgan fingerprint density at radius 2 is 2.32 bits per heavy atom. The van der Waals surface area contributed by atoms with Crippen LogP contribution in [0.25, 0.3) is 0 Å². The predicted molar refractivity (Wildman–Crippen MR) is 81.0 cm³/mol. The van der Waals surface area contributed by atoms with E-state index in [1.54, 1.807) is 6.07 Å². The van der Waals surface area contributed by atoms with Crippen LogP contribution in [0.2, 0.25) is 5.02 Å². The van der Waals surface area contributed by atoms with Gasteiger partial charge in [-0.05, 0) is 40.8 Å². The highest BCUT2D eigenvalue weighted by Crippen LogP contribution is 2.42. The number of rotatable bonds is 3. The van der Waals surface area contributed by atoms with Gasteiger partial charge < -0.3 is 4.90 Å². The fourth-order valence-electron chi connectivity index (χ4n) is 2.58. The normalized spacial score (nSPS) is 19.5. The van der Waals surface area contributed by atoms with Crippen LogP contribution in [0.1, 0.15) is 26.2 Å².